The van der Waals surface area contributed by atoms with Crippen molar-refractivity contribution >= 4 is 17.1 Å². The minimum Gasteiger partial charge on any atom is -0.390 e. The topological polar surface area (TPSA) is 107 Å². The lowest BCUT2D eigenvalue weighted by molar-refractivity contribution is 0.0609. The van der Waals surface area contributed by atoms with Crippen molar-refractivity contribution in [3.63, 3.8) is 0 Å². The van der Waals surface area contributed by atoms with E-state index < -0.39 is 5.60 Å². The van der Waals surface area contributed by atoms with E-state index in [9.17, 15) is 5.11 Å². The van der Waals surface area contributed by atoms with Crippen LogP contribution in [0.3, 0.4) is 0 Å². The van der Waals surface area contributed by atoms with Crippen LogP contribution in [-0.4, -0.2) is 27.5 Å². The number of nitrogens with zero attached hydrogens (tertiary/aromatic N) is 2. The van der Waals surface area contributed by atoms with Crippen molar-refractivity contribution in [2.45, 2.75) is 31.9 Å². The van der Waals surface area contributed by atoms with Crippen LogP contribution in [0.4, 0.5) is 17.1 Å². The van der Waals surface area contributed by atoms with Crippen molar-refractivity contribution < 1.29 is 9.63 Å². The van der Waals surface area contributed by atoms with Crippen molar-refractivity contribution in [3.8, 4) is 22.8 Å². The molecule has 0 bridgehead atoms. The number of hydrogen-bond donors (Lipinski definition) is 5. The highest BCUT2D eigenvalue weighted by atomic mass is 16.5. The van der Waals surface area contributed by atoms with Crippen LogP contribution in [0.15, 0.2) is 40.9 Å². The van der Waals surface area contributed by atoms with Crippen LogP contribution in [0.2, 0.25) is 0 Å². The molecule has 28 heavy (non-hydrogen) atoms. The zero-order valence-electron chi connectivity index (χ0n) is 15.7. The summed E-state index contributed by atoms with van der Waals surface area (Å²) in [7, 11) is 0. The van der Waals surface area contributed by atoms with Gasteiger partial charge in [-0.2, -0.15) is 4.98 Å². The fourth-order valence-corrected chi connectivity index (χ4v) is 3.68. The SMILES string of the molecule is CC(C)(O)CC1NNc2cc(-c3nc(-c4ccc5c(c4)NCN5)no3)ccc21. The zero-order chi connectivity index (χ0) is 19.3. The van der Waals surface area contributed by atoms with Gasteiger partial charge in [-0.15, -0.1) is 0 Å². The van der Waals surface area contributed by atoms with Gasteiger partial charge in [-0.3, -0.25) is 0 Å². The molecular weight excluding hydrogens is 356 g/mol. The van der Waals surface area contributed by atoms with Crippen LogP contribution in [0.1, 0.15) is 31.9 Å². The molecule has 1 unspecified atom stereocenters. The summed E-state index contributed by atoms with van der Waals surface area (Å²) in [6.07, 6.45) is 0.609. The van der Waals surface area contributed by atoms with Gasteiger partial charge in [-0.05, 0) is 56.2 Å². The predicted octanol–water partition coefficient (Wildman–Crippen LogP) is 3.33. The second-order valence-electron chi connectivity index (χ2n) is 7.85. The van der Waals surface area contributed by atoms with Crippen molar-refractivity contribution in [3.05, 3.63) is 42.0 Å². The van der Waals surface area contributed by atoms with Gasteiger partial charge in [-0.25, -0.2) is 5.43 Å². The first kappa shape index (κ1) is 17.0. The Kier molecular flexibility index (Phi) is 3.78. The molecule has 8 heteroatoms. The Balaban J connectivity index is 1.41. The highest BCUT2D eigenvalue weighted by molar-refractivity contribution is 5.78. The molecule has 2 aromatic carbocycles. The molecule has 0 saturated heterocycles. The molecule has 0 spiro atoms. The standard InChI is InChI=1S/C20H22N6O2/c1-20(2,27)9-17-13-5-3-12(8-15(13)24-25-17)19-23-18(26-28-19)11-4-6-14-16(7-11)22-10-21-14/h3-8,17,21-22,24-25,27H,9-10H2,1-2H3. The minimum atomic E-state index is -0.749. The lowest BCUT2D eigenvalue weighted by atomic mass is 9.94. The molecule has 3 aromatic rings. The molecule has 0 saturated carbocycles. The Morgan fingerprint density at radius 3 is 2.71 bits per heavy atom. The lowest BCUT2D eigenvalue weighted by Gasteiger charge is -2.21. The van der Waals surface area contributed by atoms with Crippen molar-refractivity contribution in [1.82, 2.24) is 15.6 Å². The zero-order valence-corrected chi connectivity index (χ0v) is 15.7. The van der Waals surface area contributed by atoms with E-state index in [0.29, 0.717) is 18.1 Å². The monoisotopic (exact) mass is 378 g/mol. The highest BCUT2D eigenvalue weighted by Crippen LogP contribution is 2.36. The van der Waals surface area contributed by atoms with Gasteiger partial charge < -0.3 is 25.7 Å². The third-order valence-electron chi connectivity index (χ3n) is 5.02. The van der Waals surface area contributed by atoms with Crippen LogP contribution in [0, 0.1) is 0 Å². The molecule has 2 aliphatic heterocycles. The Morgan fingerprint density at radius 1 is 1.07 bits per heavy atom. The van der Waals surface area contributed by atoms with Crippen LogP contribution in [0.5, 0.6) is 0 Å². The van der Waals surface area contributed by atoms with Crippen molar-refractivity contribution in [2.24, 2.45) is 0 Å². The normalized spacial score (nSPS) is 17.5. The number of fused-ring (bicyclic) bond motifs is 2. The minimum absolute atomic E-state index is 0.0508. The maximum atomic E-state index is 10.1. The summed E-state index contributed by atoms with van der Waals surface area (Å²) in [6.45, 7) is 4.35. The number of anilines is 3. The Labute approximate surface area is 162 Å². The third kappa shape index (κ3) is 3.06. The molecule has 1 atom stereocenters. The molecule has 0 fully saturated rings. The number of benzene rings is 2. The summed E-state index contributed by atoms with van der Waals surface area (Å²) in [4.78, 5) is 4.57. The Bertz CT molecular complexity index is 1040. The third-order valence-corrected chi connectivity index (χ3v) is 5.02. The van der Waals surface area contributed by atoms with E-state index in [0.717, 1.165) is 40.4 Å². The van der Waals surface area contributed by atoms with E-state index in [1.165, 1.54) is 0 Å². The summed E-state index contributed by atoms with van der Waals surface area (Å²) in [5, 5.41) is 20.8. The average Bonchev–Trinajstić information content (AvgIpc) is 3.39. The molecule has 1 aromatic heterocycles. The van der Waals surface area contributed by atoms with Gasteiger partial charge in [0, 0.05) is 11.1 Å². The quantitative estimate of drug-likeness (QED) is 0.471. The average molecular weight is 378 g/mol. The summed E-state index contributed by atoms with van der Waals surface area (Å²) in [6, 6.07) is 12.0. The Morgan fingerprint density at radius 2 is 1.86 bits per heavy atom. The highest BCUT2D eigenvalue weighted by Gasteiger charge is 2.28. The Hall–Kier alpha value is -3.10. The summed E-state index contributed by atoms with van der Waals surface area (Å²) < 4.78 is 5.51. The fraction of sp³-hybridized carbons (Fsp3) is 0.300. The number of aliphatic hydroxyl groups is 1. The maximum Gasteiger partial charge on any atom is 0.258 e. The number of hydrazine groups is 1. The van der Waals surface area contributed by atoms with Crippen LogP contribution in [0.25, 0.3) is 22.8 Å². The van der Waals surface area contributed by atoms with Crippen molar-refractivity contribution in [2.75, 3.05) is 22.7 Å². The smallest absolute Gasteiger partial charge is 0.258 e. The molecule has 0 aliphatic carbocycles. The van der Waals surface area contributed by atoms with Crippen LogP contribution < -0.4 is 21.5 Å². The van der Waals surface area contributed by atoms with Gasteiger partial charge in [0.2, 0.25) is 5.82 Å². The second kappa shape index (κ2) is 6.22. The van der Waals surface area contributed by atoms with Gasteiger partial charge in [0.15, 0.2) is 0 Å². The summed E-state index contributed by atoms with van der Waals surface area (Å²) >= 11 is 0. The molecule has 0 amide bonds. The second-order valence-corrected chi connectivity index (χ2v) is 7.85. The molecule has 8 nitrogen and oxygen atoms in total. The lowest BCUT2D eigenvalue weighted by Crippen LogP contribution is -2.28. The van der Waals surface area contributed by atoms with Crippen LogP contribution in [-0.2, 0) is 0 Å². The van der Waals surface area contributed by atoms with E-state index in [-0.39, 0.29) is 6.04 Å². The largest absolute Gasteiger partial charge is 0.390 e. The molecule has 5 rings (SSSR count). The van der Waals surface area contributed by atoms with E-state index in [4.69, 9.17) is 4.52 Å². The molecule has 3 heterocycles. The fourth-order valence-electron chi connectivity index (χ4n) is 3.68. The first-order chi connectivity index (χ1) is 13.5. The number of nitrogens with one attached hydrogen (secondary N) is 4. The number of hydrogen-bond acceptors (Lipinski definition) is 8. The molecule has 144 valence electrons. The first-order valence-electron chi connectivity index (χ1n) is 9.30. The van der Waals surface area contributed by atoms with Crippen molar-refractivity contribution in [1.29, 1.82) is 0 Å². The number of rotatable bonds is 4. The van der Waals surface area contributed by atoms with Gasteiger partial charge in [-0.1, -0.05) is 11.2 Å². The van der Waals surface area contributed by atoms with Gasteiger partial charge in [0.1, 0.15) is 0 Å². The van der Waals surface area contributed by atoms with E-state index in [1.54, 1.807) is 0 Å². The predicted molar refractivity (Wildman–Crippen MR) is 108 cm³/mol. The maximum absolute atomic E-state index is 10.1. The van der Waals surface area contributed by atoms with Gasteiger partial charge in [0.05, 0.1) is 35.4 Å². The van der Waals surface area contributed by atoms with Gasteiger partial charge in [0.25, 0.3) is 5.89 Å². The van der Waals surface area contributed by atoms with E-state index in [1.807, 2.05) is 50.2 Å². The molecule has 5 N–H and O–H groups in total. The first-order valence-corrected chi connectivity index (χ1v) is 9.30. The molecule has 2 aliphatic rings. The van der Waals surface area contributed by atoms with E-state index in [2.05, 4.69) is 31.6 Å². The van der Waals surface area contributed by atoms with Crippen LogP contribution >= 0.6 is 0 Å². The summed E-state index contributed by atoms with van der Waals surface area (Å²) in [5.41, 5.74) is 11.6. The van der Waals surface area contributed by atoms with E-state index >= 15 is 0 Å². The molecular formula is C20H22N6O2. The van der Waals surface area contributed by atoms with Gasteiger partial charge >= 0.3 is 0 Å². The summed E-state index contributed by atoms with van der Waals surface area (Å²) in [5.74, 6) is 1.02. The molecule has 0 radical (unpaired) electrons. The number of aromatic nitrogens is 2.